The minimum atomic E-state index is -3.80. The fourth-order valence-corrected chi connectivity index (χ4v) is 4.91. The molecule has 0 unspecified atom stereocenters. The molecule has 0 bridgehead atoms. The van der Waals surface area contributed by atoms with Gasteiger partial charge in [-0.1, -0.05) is 41.9 Å². The van der Waals surface area contributed by atoms with E-state index in [-0.39, 0.29) is 10.8 Å². The number of rotatable bonds is 6. The van der Waals surface area contributed by atoms with E-state index in [2.05, 4.69) is 18.9 Å². The number of aryl methyl sites for hydroxylation is 3. The van der Waals surface area contributed by atoms with Gasteiger partial charge in [0.05, 0.1) is 22.5 Å². The Balaban J connectivity index is 1.61. The van der Waals surface area contributed by atoms with E-state index in [1.165, 1.54) is 6.92 Å². The molecule has 4 aromatic rings. The molecule has 0 spiro atoms. The average molecular weight is 471 g/mol. The van der Waals surface area contributed by atoms with Crippen molar-refractivity contribution in [1.29, 1.82) is 0 Å². The van der Waals surface area contributed by atoms with Crippen molar-refractivity contribution in [2.45, 2.75) is 38.6 Å². The normalized spacial score (nSPS) is 12.6. The predicted octanol–water partition coefficient (Wildman–Crippen LogP) is 4.93. The molecule has 166 valence electrons. The molecule has 0 aliphatic heterocycles. The first-order valence-corrected chi connectivity index (χ1v) is 12.1. The molecule has 0 amide bonds. The highest BCUT2D eigenvalue weighted by atomic mass is 35.5. The molecule has 7 nitrogen and oxygen atoms in total. The molecule has 0 N–H and O–H groups in total. The third kappa shape index (κ3) is 4.33. The first kappa shape index (κ1) is 22.2. The molecule has 9 heteroatoms. The molecule has 0 fully saturated rings. The van der Waals surface area contributed by atoms with Crippen LogP contribution in [-0.2, 0) is 27.7 Å². The highest BCUT2D eigenvalue weighted by Gasteiger charge is 2.16. The number of hydrogen-bond donors (Lipinski definition) is 0. The average Bonchev–Trinajstić information content (AvgIpc) is 3.09. The highest BCUT2D eigenvalue weighted by Crippen LogP contribution is 2.30. The van der Waals surface area contributed by atoms with E-state index in [0.29, 0.717) is 30.2 Å². The van der Waals surface area contributed by atoms with Crippen LogP contribution in [0.5, 0.6) is 0 Å². The summed E-state index contributed by atoms with van der Waals surface area (Å²) in [6.07, 6.45) is 0.697. The van der Waals surface area contributed by atoms with Crippen LogP contribution in [0.15, 0.2) is 57.8 Å². The molecule has 2 aromatic carbocycles. The molecule has 4 rings (SSSR count). The van der Waals surface area contributed by atoms with E-state index in [9.17, 15) is 8.42 Å². The van der Waals surface area contributed by atoms with Crippen LogP contribution in [0.3, 0.4) is 0 Å². The SMILES string of the molecule is CCOC(C)=NS(=O)(=O)c1ccc(CCn2c(C)nc3c(Cl)nc4ccccc4c32)cc1. The Labute approximate surface area is 191 Å². The van der Waals surface area contributed by atoms with E-state index in [0.717, 1.165) is 27.8 Å². The summed E-state index contributed by atoms with van der Waals surface area (Å²) in [5, 5.41) is 1.38. The number of pyridine rings is 1. The van der Waals surface area contributed by atoms with Gasteiger partial charge >= 0.3 is 0 Å². The van der Waals surface area contributed by atoms with Gasteiger partial charge in [0.15, 0.2) is 11.1 Å². The quantitative estimate of drug-likeness (QED) is 0.226. The summed E-state index contributed by atoms with van der Waals surface area (Å²) in [5.41, 5.74) is 3.47. The fraction of sp³-hybridized carbons (Fsp3) is 0.261. The first-order chi connectivity index (χ1) is 15.3. The van der Waals surface area contributed by atoms with Crippen molar-refractivity contribution in [1.82, 2.24) is 14.5 Å². The zero-order chi connectivity index (χ0) is 22.9. The number of ether oxygens (including phenoxy) is 1. The van der Waals surface area contributed by atoms with Crippen molar-refractivity contribution in [2.24, 2.45) is 4.40 Å². The van der Waals surface area contributed by atoms with Gasteiger partial charge in [-0.15, -0.1) is 4.40 Å². The topological polar surface area (TPSA) is 86.4 Å². The summed E-state index contributed by atoms with van der Waals surface area (Å²) in [6, 6.07) is 14.6. The molecule has 0 radical (unpaired) electrons. The zero-order valence-corrected chi connectivity index (χ0v) is 19.6. The standard InChI is InChI=1S/C23H23ClN4O3S/c1-4-31-16(3)27-32(29,30)18-11-9-17(10-12-18)13-14-28-15(2)25-21-22(28)19-7-5-6-8-20(19)26-23(21)24/h5-12H,4,13-14H2,1-3H3. The van der Waals surface area contributed by atoms with Crippen molar-refractivity contribution in [3.63, 3.8) is 0 Å². The molecular weight excluding hydrogens is 448 g/mol. The van der Waals surface area contributed by atoms with Crippen LogP contribution in [0.25, 0.3) is 21.9 Å². The monoisotopic (exact) mass is 470 g/mol. The van der Waals surface area contributed by atoms with Gasteiger partial charge in [-0.3, -0.25) is 0 Å². The Hall–Kier alpha value is -2.97. The number of halogens is 1. The second-order valence-corrected chi connectivity index (χ2v) is 9.30. The lowest BCUT2D eigenvalue weighted by Crippen LogP contribution is -2.06. The minimum Gasteiger partial charge on any atom is -0.481 e. The lowest BCUT2D eigenvalue weighted by molar-refractivity contribution is 0.325. The maximum absolute atomic E-state index is 12.4. The number of nitrogens with zero attached hydrogens (tertiary/aromatic N) is 4. The summed E-state index contributed by atoms with van der Waals surface area (Å²) in [7, 11) is -3.80. The molecule has 0 aliphatic carbocycles. The van der Waals surface area contributed by atoms with Gasteiger partial charge < -0.3 is 9.30 Å². The number of hydrogen-bond acceptors (Lipinski definition) is 5. The Morgan fingerprint density at radius 1 is 1.12 bits per heavy atom. The van der Waals surface area contributed by atoms with Crippen LogP contribution in [0.1, 0.15) is 25.2 Å². The van der Waals surface area contributed by atoms with E-state index >= 15 is 0 Å². The van der Waals surface area contributed by atoms with Crippen molar-refractivity contribution >= 4 is 49.5 Å². The van der Waals surface area contributed by atoms with Gasteiger partial charge in [-0.2, -0.15) is 8.42 Å². The van der Waals surface area contributed by atoms with Crippen LogP contribution in [0.4, 0.5) is 0 Å². The molecule has 2 heterocycles. The summed E-state index contributed by atoms with van der Waals surface area (Å²) in [6.45, 7) is 6.28. The van der Waals surface area contributed by atoms with Crippen LogP contribution in [-0.4, -0.2) is 35.5 Å². The van der Waals surface area contributed by atoms with Gasteiger partial charge in [-0.25, -0.2) is 9.97 Å². The Morgan fingerprint density at radius 3 is 2.56 bits per heavy atom. The molecule has 0 atom stereocenters. The second kappa shape index (κ2) is 8.88. The van der Waals surface area contributed by atoms with E-state index in [1.807, 2.05) is 31.2 Å². The zero-order valence-electron chi connectivity index (χ0n) is 18.0. The summed E-state index contributed by atoms with van der Waals surface area (Å²) in [4.78, 5) is 9.21. The third-order valence-electron chi connectivity index (χ3n) is 5.18. The maximum Gasteiger partial charge on any atom is 0.285 e. The lowest BCUT2D eigenvalue weighted by atomic mass is 10.1. The number of sulfonamides is 1. The van der Waals surface area contributed by atoms with Crippen molar-refractivity contribution in [3.05, 3.63) is 65.1 Å². The lowest BCUT2D eigenvalue weighted by Gasteiger charge is -2.10. The van der Waals surface area contributed by atoms with Crippen LogP contribution in [0.2, 0.25) is 5.15 Å². The summed E-state index contributed by atoms with van der Waals surface area (Å²) in [5.74, 6) is 0.972. The van der Waals surface area contributed by atoms with Crippen molar-refractivity contribution < 1.29 is 13.2 Å². The van der Waals surface area contributed by atoms with E-state index in [4.69, 9.17) is 16.3 Å². The highest BCUT2D eigenvalue weighted by molar-refractivity contribution is 7.90. The third-order valence-corrected chi connectivity index (χ3v) is 6.81. The van der Waals surface area contributed by atoms with Crippen molar-refractivity contribution in [3.8, 4) is 0 Å². The largest absolute Gasteiger partial charge is 0.481 e. The van der Waals surface area contributed by atoms with E-state index in [1.54, 1.807) is 31.2 Å². The minimum absolute atomic E-state index is 0.124. The number of benzene rings is 2. The predicted molar refractivity (Wildman–Crippen MR) is 127 cm³/mol. The number of fused-ring (bicyclic) bond motifs is 3. The molecule has 0 aliphatic rings. The number of para-hydroxylation sites is 1. The Kier molecular flexibility index (Phi) is 6.17. The smallest absolute Gasteiger partial charge is 0.285 e. The summed E-state index contributed by atoms with van der Waals surface area (Å²) >= 11 is 6.39. The van der Waals surface area contributed by atoms with Gasteiger partial charge in [0.2, 0.25) is 0 Å². The van der Waals surface area contributed by atoms with Gasteiger partial charge in [-0.05, 0) is 44.0 Å². The summed E-state index contributed by atoms with van der Waals surface area (Å²) < 4.78 is 35.8. The first-order valence-electron chi connectivity index (χ1n) is 10.2. The van der Waals surface area contributed by atoms with Crippen molar-refractivity contribution in [2.75, 3.05) is 6.61 Å². The maximum atomic E-state index is 12.4. The van der Waals surface area contributed by atoms with Gasteiger partial charge in [0, 0.05) is 18.9 Å². The Bertz CT molecular complexity index is 1430. The molecule has 0 saturated heterocycles. The Morgan fingerprint density at radius 2 is 1.84 bits per heavy atom. The number of imidazole rings is 1. The number of aromatic nitrogens is 3. The van der Waals surface area contributed by atoms with Gasteiger partial charge in [0.25, 0.3) is 10.0 Å². The second-order valence-electron chi connectivity index (χ2n) is 7.34. The van der Waals surface area contributed by atoms with E-state index < -0.39 is 10.0 Å². The molecule has 32 heavy (non-hydrogen) atoms. The molecular formula is C23H23ClN4O3S. The molecule has 2 aromatic heterocycles. The fourth-order valence-electron chi connectivity index (χ4n) is 3.71. The van der Waals surface area contributed by atoms with Crippen LogP contribution in [0, 0.1) is 6.92 Å². The van der Waals surface area contributed by atoms with Gasteiger partial charge in [0.1, 0.15) is 11.3 Å². The molecule has 0 saturated carbocycles. The van der Waals surface area contributed by atoms with Crippen LogP contribution >= 0.6 is 11.6 Å². The van der Waals surface area contributed by atoms with Crippen LogP contribution < -0.4 is 0 Å².